The van der Waals surface area contributed by atoms with Gasteiger partial charge in [-0.3, -0.25) is 0 Å². The molecule has 0 aliphatic rings. The zero-order valence-corrected chi connectivity index (χ0v) is 17.2. The molecule has 0 aromatic heterocycles. The lowest BCUT2D eigenvalue weighted by Crippen LogP contribution is -2.12. The Morgan fingerprint density at radius 1 is 0.720 bits per heavy atom. The Morgan fingerprint density at radius 3 is 1.40 bits per heavy atom. The van der Waals surface area contributed by atoms with Crippen molar-refractivity contribution in [1.29, 1.82) is 0 Å². The molecule has 0 saturated carbocycles. The van der Waals surface area contributed by atoms with Crippen molar-refractivity contribution in [2.45, 2.75) is 12.2 Å². The van der Waals surface area contributed by atoms with Crippen LogP contribution in [0.2, 0.25) is 20.1 Å². The van der Waals surface area contributed by atoms with Crippen LogP contribution in [0.15, 0.2) is 59.6 Å². The maximum absolute atomic E-state index is 6.26. The van der Waals surface area contributed by atoms with Crippen LogP contribution in [0.3, 0.4) is 0 Å². The van der Waals surface area contributed by atoms with E-state index in [2.05, 4.69) is 13.2 Å². The Morgan fingerprint density at radius 2 is 1.08 bits per heavy atom. The molecule has 0 heterocycles. The fourth-order valence-corrected chi connectivity index (χ4v) is 3.33. The van der Waals surface area contributed by atoms with E-state index in [4.69, 9.17) is 74.3 Å². The van der Waals surface area contributed by atoms with E-state index in [-0.39, 0.29) is 10.1 Å². The van der Waals surface area contributed by atoms with Crippen molar-refractivity contribution in [3.63, 3.8) is 0 Å². The molecule has 0 spiro atoms. The minimum atomic E-state index is -0.789. The van der Waals surface area contributed by atoms with E-state index in [1.54, 1.807) is 36.4 Å². The van der Waals surface area contributed by atoms with Gasteiger partial charge in [0.1, 0.15) is 12.2 Å². The lowest BCUT2D eigenvalue weighted by Gasteiger charge is -2.26. The molecule has 2 rings (SSSR count). The third kappa shape index (κ3) is 5.30. The van der Waals surface area contributed by atoms with Gasteiger partial charge < -0.3 is 4.74 Å². The molecule has 1 nitrogen and oxygen atoms in total. The SMILES string of the molecule is C=C(Cl)C(OC(C(=C)Cl)c1cc(Cl)ccc1Cl)c1cc(Cl)ccc1Cl. The molecule has 7 heteroatoms. The lowest BCUT2D eigenvalue weighted by molar-refractivity contribution is 0.0350. The summed E-state index contributed by atoms with van der Waals surface area (Å²) in [6.45, 7) is 7.51. The highest BCUT2D eigenvalue weighted by atomic mass is 35.5. The Balaban J connectivity index is 2.48. The average Bonchev–Trinajstić information content (AvgIpc) is 2.53. The number of hydrogen-bond acceptors (Lipinski definition) is 1. The molecule has 0 bridgehead atoms. The minimum Gasteiger partial charge on any atom is -0.354 e. The van der Waals surface area contributed by atoms with Crippen molar-refractivity contribution in [1.82, 2.24) is 0 Å². The highest BCUT2D eigenvalue weighted by molar-refractivity contribution is 6.35. The number of hydrogen-bond donors (Lipinski definition) is 0. The largest absolute Gasteiger partial charge is 0.354 e. The lowest BCUT2D eigenvalue weighted by atomic mass is 10.1. The molecule has 2 aromatic rings. The number of halogens is 6. The van der Waals surface area contributed by atoms with Gasteiger partial charge in [-0.1, -0.05) is 82.8 Å². The second kappa shape index (κ2) is 9.01. The van der Waals surface area contributed by atoms with Crippen LogP contribution in [0.1, 0.15) is 23.3 Å². The highest BCUT2D eigenvalue weighted by Crippen LogP contribution is 2.42. The van der Waals surface area contributed by atoms with Crippen LogP contribution in [-0.4, -0.2) is 0 Å². The predicted molar refractivity (Wildman–Crippen MR) is 109 cm³/mol. The molecule has 0 aliphatic carbocycles. The van der Waals surface area contributed by atoms with Gasteiger partial charge in [-0.2, -0.15) is 0 Å². The standard InChI is InChI=1S/C18H12Cl6O/c1-9(19)17(13-7-11(21)3-5-15(13)23)25-18(10(2)20)14-8-12(22)4-6-16(14)24/h3-8,17-18H,1-2H2. The first kappa shape index (κ1) is 20.9. The maximum atomic E-state index is 6.26. The smallest absolute Gasteiger partial charge is 0.120 e. The molecule has 0 saturated heterocycles. The third-order valence-electron chi connectivity index (χ3n) is 3.32. The van der Waals surface area contributed by atoms with Crippen LogP contribution in [0.5, 0.6) is 0 Å². The van der Waals surface area contributed by atoms with Crippen LogP contribution in [0.4, 0.5) is 0 Å². The van der Waals surface area contributed by atoms with Crippen molar-refractivity contribution in [3.05, 3.63) is 90.8 Å². The summed E-state index contributed by atoms with van der Waals surface area (Å²) in [6, 6.07) is 9.91. The van der Waals surface area contributed by atoms with Crippen molar-refractivity contribution in [2.24, 2.45) is 0 Å². The van der Waals surface area contributed by atoms with Crippen molar-refractivity contribution in [3.8, 4) is 0 Å². The first-order valence-electron chi connectivity index (χ1n) is 6.94. The van der Waals surface area contributed by atoms with E-state index < -0.39 is 12.2 Å². The van der Waals surface area contributed by atoms with Gasteiger partial charge in [0.2, 0.25) is 0 Å². The summed E-state index contributed by atoms with van der Waals surface area (Å²) in [5, 5.41) is 2.20. The van der Waals surface area contributed by atoms with Gasteiger partial charge in [-0.25, -0.2) is 0 Å². The predicted octanol–water partition coefficient (Wildman–Crippen LogP) is 8.60. The zero-order valence-electron chi connectivity index (χ0n) is 12.7. The first-order chi connectivity index (χ1) is 11.7. The number of rotatable bonds is 6. The van der Waals surface area contributed by atoms with Gasteiger partial charge in [-0.05, 0) is 36.4 Å². The van der Waals surface area contributed by atoms with Gasteiger partial charge in [0.05, 0.1) is 0 Å². The molecule has 0 aliphatic heterocycles. The summed E-state index contributed by atoms with van der Waals surface area (Å²) in [6.07, 6.45) is -1.58. The number of ether oxygens (including phenoxy) is 1. The molecule has 132 valence electrons. The molecule has 2 atom stereocenters. The van der Waals surface area contributed by atoms with Crippen LogP contribution in [0.25, 0.3) is 0 Å². The molecule has 0 radical (unpaired) electrons. The summed E-state index contributed by atoms with van der Waals surface area (Å²) < 4.78 is 6.07. The fraction of sp³-hybridized carbons (Fsp3) is 0.111. The van der Waals surface area contributed by atoms with Gasteiger partial charge >= 0.3 is 0 Å². The van der Waals surface area contributed by atoms with Gasteiger partial charge in [0, 0.05) is 41.3 Å². The Labute approximate surface area is 176 Å². The summed E-state index contributed by atoms with van der Waals surface area (Å²) in [5.74, 6) is 0. The van der Waals surface area contributed by atoms with E-state index >= 15 is 0 Å². The molecule has 0 amide bonds. The monoisotopic (exact) mass is 454 g/mol. The van der Waals surface area contributed by atoms with Gasteiger partial charge in [0.15, 0.2) is 0 Å². The molecule has 2 aromatic carbocycles. The van der Waals surface area contributed by atoms with E-state index in [1.165, 1.54) is 0 Å². The molecular weight excluding hydrogens is 445 g/mol. The van der Waals surface area contributed by atoms with Gasteiger partial charge in [0.25, 0.3) is 0 Å². The third-order valence-corrected chi connectivity index (χ3v) is 4.88. The molecular formula is C18H12Cl6O. The average molecular weight is 457 g/mol. The normalized spacial score (nSPS) is 13.4. The highest BCUT2D eigenvalue weighted by Gasteiger charge is 2.27. The molecule has 2 unspecified atom stereocenters. The quantitative estimate of drug-likeness (QED) is 0.422. The molecule has 0 N–H and O–H groups in total. The minimum absolute atomic E-state index is 0.199. The van der Waals surface area contributed by atoms with Gasteiger partial charge in [-0.15, -0.1) is 0 Å². The van der Waals surface area contributed by atoms with Crippen molar-refractivity contribution >= 4 is 69.6 Å². The van der Waals surface area contributed by atoms with Crippen LogP contribution < -0.4 is 0 Å². The van der Waals surface area contributed by atoms with E-state index in [9.17, 15) is 0 Å². The maximum Gasteiger partial charge on any atom is 0.120 e. The van der Waals surface area contributed by atoms with E-state index in [0.29, 0.717) is 31.2 Å². The van der Waals surface area contributed by atoms with Crippen molar-refractivity contribution < 1.29 is 4.74 Å². The Bertz CT molecular complexity index is 750. The van der Waals surface area contributed by atoms with Crippen molar-refractivity contribution in [2.75, 3.05) is 0 Å². The topological polar surface area (TPSA) is 9.23 Å². The summed E-state index contributed by atoms with van der Waals surface area (Å²) >= 11 is 37.0. The van der Waals surface area contributed by atoms with Crippen LogP contribution in [-0.2, 0) is 4.74 Å². The Kier molecular flexibility index (Phi) is 7.54. The van der Waals surface area contributed by atoms with Crippen LogP contribution >= 0.6 is 69.6 Å². The summed E-state index contributed by atoms with van der Waals surface area (Å²) in [7, 11) is 0. The second-order valence-electron chi connectivity index (χ2n) is 5.12. The summed E-state index contributed by atoms with van der Waals surface area (Å²) in [5.41, 5.74) is 1.10. The second-order valence-corrected chi connectivity index (χ2v) is 7.78. The fourth-order valence-electron chi connectivity index (χ4n) is 2.20. The molecule has 25 heavy (non-hydrogen) atoms. The number of benzene rings is 2. The van der Waals surface area contributed by atoms with E-state index in [0.717, 1.165) is 0 Å². The van der Waals surface area contributed by atoms with E-state index in [1.807, 2.05) is 0 Å². The summed E-state index contributed by atoms with van der Waals surface area (Å²) in [4.78, 5) is 0. The Hall–Kier alpha value is -0.380. The zero-order chi connectivity index (χ0) is 18.7. The first-order valence-corrected chi connectivity index (χ1v) is 9.21. The van der Waals surface area contributed by atoms with Crippen LogP contribution in [0, 0.1) is 0 Å². The molecule has 0 fully saturated rings.